The minimum Gasteiger partial charge on any atom is -0.324 e. The van der Waals surface area contributed by atoms with Crippen molar-refractivity contribution in [3.8, 4) is 0 Å². The second-order valence-electron chi connectivity index (χ2n) is 2.57. The highest BCUT2D eigenvalue weighted by atomic mass is 79.9. The third kappa shape index (κ3) is 1.66. The first-order chi connectivity index (χ1) is 6.29. The smallest absolute Gasteiger partial charge is 0.165 e. The van der Waals surface area contributed by atoms with Gasteiger partial charge < -0.3 is 5.73 Å². The van der Waals surface area contributed by atoms with Crippen molar-refractivity contribution in [1.82, 2.24) is 15.2 Å². The lowest BCUT2D eigenvalue weighted by atomic mass is 10.3. The van der Waals surface area contributed by atoms with E-state index in [0.717, 1.165) is 15.5 Å². The Labute approximate surface area is 83.3 Å². The number of aromatic nitrogens is 3. The standard InChI is InChI=1S/C8H7BrN4/c9-5-1-2-6-7(3-5)11-8(4-10)13-12-6/h1-3H,4,10H2. The van der Waals surface area contributed by atoms with Crippen molar-refractivity contribution in [3.05, 3.63) is 28.5 Å². The predicted molar refractivity (Wildman–Crippen MR) is 52.9 cm³/mol. The molecule has 0 spiro atoms. The zero-order chi connectivity index (χ0) is 9.26. The molecular formula is C8H7BrN4. The van der Waals surface area contributed by atoms with Crippen LogP contribution in [0.4, 0.5) is 0 Å². The van der Waals surface area contributed by atoms with E-state index in [2.05, 4.69) is 31.1 Å². The molecule has 0 fully saturated rings. The summed E-state index contributed by atoms with van der Waals surface area (Å²) in [6.45, 7) is 0.315. The molecule has 1 heterocycles. The first-order valence-electron chi connectivity index (χ1n) is 3.78. The molecule has 0 saturated heterocycles. The van der Waals surface area contributed by atoms with E-state index in [9.17, 15) is 0 Å². The van der Waals surface area contributed by atoms with Gasteiger partial charge in [0.25, 0.3) is 0 Å². The Morgan fingerprint density at radius 1 is 1.23 bits per heavy atom. The third-order valence-corrected chi connectivity index (χ3v) is 2.14. The molecule has 0 saturated carbocycles. The van der Waals surface area contributed by atoms with Crippen LogP contribution < -0.4 is 5.73 Å². The molecule has 0 atom stereocenters. The highest BCUT2D eigenvalue weighted by Crippen LogP contribution is 2.15. The maximum atomic E-state index is 5.40. The minimum absolute atomic E-state index is 0.315. The van der Waals surface area contributed by atoms with Gasteiger partial charge in [-0.2, -0.15) is 0 Å². The Morgan fingerprint density at radius 3 is 2.85 bits per heavy atom. The van der Waals surface area contributed by atoms with Crippen LogP contribution in [0.2, 0.25) is 0 Å². The summed E-state index contributed by atoms with van der Waals surface area (Å²) in [6, 6.07) is 5.66. The number of hydrogen-bond acceptors (Lipinski definition) is 4. The van der Waals surface area contributed by atoms with Crippen LogP contribution in [0.15, 0.2) is 22.7 Å². The van der Waals surface area contributed by atoms with Gasteiger partial charge in [-0.3, -0.25) is 0 Å². The molecule has 13 heavy (non-hydrogen) atoms. The van der Waals surface area contributed by atoms with E-state index >= 15 is 0 Å². The Morgan fingerprint density at radius 2 is 2.08 bits per heavy atom. The number of hydrogen-bond donors (Lipinski definition) is 1. The summed E-state index contributed by atoms with van der Waals surface area (Å²) >= 11 is 3.36. The van der Waals surface area contributed by atoms with Crippen molar-refractivity contribution in [2.24, 2.45) is 5.73 Å². The summed E-state index contributed by atoms with van der Waals surface area (Å²) in [6.07, 6.45) is 0. The van der Waals surface area contributed by atoms with E-state index in [4.69, 9.17) is 5.73 Å². The van der Waals surface area contributed by atoms with Gasteiger partial charge in [-0.25, -0.2) is 4.98 Å². The summed E-state index contributed by atoms with van der Waals surface area (Å²) < 4.78 is 0.975. The molecule has 5 heteroatoms. The zero-order valence-electron chi connectivity index (χ0n) is 6.74. The normalized spacial score (nSPS) is 10.6. The highest BCUT2D eigenvalue weighted by molar-refractivity contribution is 9.10. The summed E-state index contributed by atoms with van der Waals surface area (Å²) in [5.74, 6) is 0.561. The SMILES string of the molecule is NCc1nnc2ccc(Br)cc2n1. The molecule has 0 aliphatic rings. The molecule has 2 N–H and O–H groups in total. The zero-order valence-corrected chi connectivity index (χ0v) is 8.32. The molecule has 0 aliphatic carbocycles. The van der Waals surface area contributed by atoms with Gasteiger partial charge in [0, 0.05) is 4.47 Å². The molecular weight excluding hydrogens is 232 g/mol. The van der Waals surface area contributed by atoms with E-state index in [1.807, 2.05) is 18.2 Å². The average molecular weight is 239 g/mol. The number of halogens is 1. The van der Waals surface area contributed by atoms with Crippen LogP contribution in [0, 0.1) is 0 Å². The largest absolute Gasteiger partial charge is 0.324 e. The van der Waals surface area contributed by atoms with Crippen molar-refractivity contribution in [2.75, 3.05) is 0 Å². The molecule has 0 amide bonds. The van der Waals surface area contributed by atoms with Crippen molar-refractivity contribution in [3.63, 3.8) is 0 Å². The van der Waals surface area contributed by atoms with Crippen molar-refractivity contribution < 1.29 is 0 Å². The Bertz CT molecular complexity index is 443. The molecule has 2 aromatic rings. The van der Waals surface area contributed by atoms with Crippen LogP contribution in [0.25, 0.3) is 11.0 Å². The lowest BCUT2D eigenvalue weighted by Gasteiger charge is -1.98. The molecule has 0 bridgehead atoms. The van der Waals surface area contributed by atoms with E-state index in [1.54, 1.807) is 0 Å². The Hall–Kier alpha value is -1.07. The Kier molecular flexibility index (Phi) is 2.20. The summed E-state index contributed by atoms with van der Waals surface area (Å²) in [5, 5.41) is 7.83. The maximum Gasteiger partial charge on any atom is 0.165 e. The minimum atomic E-state index is 0.315. The molecule has 1 aromatic carbocycles. The van der Waals surface area contributed by atoms with E-state index in [0.29, 0.717) is 12.4 Å². The molecule has 2 rings (SSSR count). The van der Waals surface area contributed by atoms with Crippen molar-refractivity contribution in [1.29, 1.82) is 0 Å². The number of rotatable bonds is 1. The molecule has 4 nitrogen and oxygen atoms in total. The van der Waals surface area contributed by atoms with Gasteiger partial charge in [0.05, 0.1) is 12.1 Å². The predicted octanol–water partition coefficient (Wildman–Crippen LogP) is 1.25. The molecule has 0 aliphatic heterocycles. The number of benzene rings is 1. The van der Waals surface area contributed by atoms with Gasteiger partial charge in [-0.1, -0.05) is 15.9 Å². The van der Waals surface area contributed by atoms with Gasteiger partial charge in [-0.15, -0.1) is 10.2 Å². The first-order valence-corrected chi connectivity index (χ1v) is 4.58. The van der Waals surface area contributed by atoms with E-state index in [1.165, 1.54) is 0 Å². The van der Waals surface area contributed by atoms with Gasteiger partial charge in [-0.05, 0) is 18.2 Å². The fraction of sp³-hybridized carbons (Fsp3) is 0.125. The van der Waals surface area contributed by atoms with Crippen LogP contribution in [-0.2, 0) is 6.54 Å². The topological polar surface area (TPSA) is 64.7 Å². The van der Waals surface area contributed by atoms with Crippen LogP contribution in [0.1, 0.15) is 5.82 Å². The van der Waals surface area contributed by atoms with Crippen molar-refractivity contribution in [2.45, 2.75) is 6.54 Å². The van der Waals surface area contributed by atoms with E-state index in [-0.39, 0.29) is 0 Å². The van der Waals surface area contributed by atoms with Gasteiger partial charge in [0.2, 0.25) is 0 Å². The summed E-state index contributed by atoms with van der Waals surface area (Å²) in [7, 11) is 0. The van der Waals surface area contributed by atoms with E-state index < -0.39 is 0 Å². The second-order valence-corrected chi connectivity index (χ2v) is 3.48. The van der Waals surface area contributed by atoms with Crippen LogP contribution in [0.3, 0.4) is 0 Å². The third-order valence-electron chi connectivity index (χ3n) is 1.64. The van der Waals surface area contributed by atoms with Crippen LogP contribution in [-0.4, -0.2) is 15.2 Å². The first kappa shape index (κ1) is 8.52. The summed E-state index contributed by atoms with van der Waals surface area (Å²) in [5.41, 5.74) is 6.99. The Balaban J connectivity index is 2.68. The lowest BCUT2D eigenvalue weighted by Crippen LogP contribution is -2.04. The highest BCUT2D eigenvalue weighted by Gasteiger charge is 1.99. The van der Waals surface area contributed by atoms with Crippen LogP contribution >= 0.6 is 15.9 Å². The van der Waals surface area contributed by atoms with Gasteiger partial charge in [0.15, 0.2) is 5.82 Å². The second kappa shape index (κ2) is 3.35. The fourth-order valence-electron chi connectivity index (χ4n) is 1.03. The quantitative estimate of drug-likeness (QED) is 0.813. The molecule has 1 aromatic heterocycles. The molecule has 0 radical (unpaired) electrons. The van der Waals surface area contributed by atoms with Gasteiger partial charge >= 0.3 is 0 Å². The average Bonchev–Trinajstić information content (AvgIpc) is 2.16. The summed E-state index contributed by atoms with van der Waals surface area (Å²) in [4.78, 5) is 4.23. The number of nitrogens with zero attached hydrogens (tertiary/aromatic N) is 3. The van der Waals surface area contributed by atoms with Gasteiger partial charge in [0.1, 0.15) is 5.52 Å². The maximum absolute atomic E-state index is 5.40. The monoisotopic (exact) mass is 238 g/mol. The molecule has 0 unspecified atom stereocenters. The molecule has 66 valence electrons. The fourth-order valence-corrected chi connectivity index (χ4v) is 1.38. The van der Waals surface area contributed by atoms with Crippen LogP contribution in [0.5, 0.6) is 0 Å². The number of nitrogens with two attached hydrogens (primary N) is 1. The van der Waals surface area contributed by atoms with Crippen molar-refractivity contribution >= 4 is 27.0 Å². The number of fused-ring (bicyclic) bond motifs is 1. The lowest BCUT2D eigenvalue weighted by molar-refractivity contribution is 0.859.